The fourth-order valence-electron chi connectivity index (χ4n) is 15.3. The Labute approximate surface area is 397 Å². The molecule has 2 saturated carbocycles. The van der Waals surface area contributed by atoms with E-state index in [0.717, 1.165) is 0 Å². The van der Waals surface area contributed by atoms with E-state index >= 15 is 0 Å². The second kappa shape index (κ2) is 13.7. The van der Waals surface area contributed by atoms with E-state index in [0.29, 0.717) is 0 Å². The highest BCUT2D eigenvalue weighted by atomic mass is 15.3. The maximum Gasteiger partial charge on any atom is 0.0725 e. The van der Waals surface area contributed by atoms with Crippen LogP contribution < -0.4 is 9.80 Å². The van der Waals surface area contributed by atoms with E-state index in [4.69, 9.17) is 0 Å². The minimum absolute atomic E-state index is 0.0140. The molecular weight excluding hydrogens is 809 g/mol. The Morgan fingerprint density at radius 2 is 0.657 bits per heavy atom. The predicted molar refractivity (Wildman–Crippen MR) is 279 cm³/mol. The van der Waals surface area contributed by atoms with Gasteiger partial charge in [-0.2, -0.15) is 0 Å². The average Bonchev–Trinajstić information content (AvgIpc) is 3.98. The third-order valence-corrected chi connectivity index (χ3v) is 19.0. The van der Waals surface area contributed by atoms with Crippen molar-refractivity contribution in [3.63, 3.8) is 0 Å². The van der Waals surface area contributed by atoms with E-state index in [-0.39, 0.29) is 21.9 Å². The van der Waals surface area contributed by atoms with Gasteiger partial charge in [0.2, 0.25) is 0 Å². The Morgan fingerprint density at radius 3 is 1.09 bits per heavy atom. The van der Waals surface area contributed by atoms with Crippen molar-refractivity contribution >= 4 is 22.7 Å². The van der Waals surface area contributed by atoms with Crippen LogP contribution in [0.5, 0.6) is 0 Å². The van der Waals surface area contributed by atoms with Crippen molar-refractivity contribution in [3.8, 4) is 44.5 Å². The van der Waals surface area contributed by atoms with Crippen molar-refractivity contribution in [2.24, 2.45) is 0 Å². The van der Waals surface area contributed by atoms with Crippen molar-refractivity contribution in [2.75, 3.05) is 9.80 Å². The smallest absolute Gasteiger partial charge is 0.0725 e. The van der Waals surface area contributed by atoms with E-state index < -0.39 is 5.41 Å². The van der Waals surface area contributed by atoms with E-state index in [2.05, 4.69) is 219 Å². The van der Waals surface area contributed by atoms with Gasteiger partial charge in [0.1, 0.15) is 0 Å². The zero-order valence-electron chi connectivity index (χ0n) is 39.4. The van der Waals surface area contributed by atoms with Crippen LogP contribution in [0.25, 0.3) is 44.5 Å². The molecule has 0 saturated heterocycles. The summed E-state index contributed by atoms with van der Waals surface area (Å²) in [6, 6.07) is 70.6. The molecule has 14 rings (SSSR count). The summed E-state index contributed by atoms with van der Waals surface area (Å²) in [7, 11) is 0. The number of hydrogen-bond donors (Lipinski definition) is 0. The first-order valence-electron chi connectivity index (χ1n) is 25.2. The standard InChI is InChI=1S/C65H58N2/c1-61-35-15-17-37-63(61,3)66(47-19-7-5-8-20-47)59-33-29-45(41-57(59)61)43-27-31-51-52-32-28-44(40-56(52)65(55(51)39-43)53-25-13-11-23-49(53)50-24-12-14-26-54(50)65)46-30-34-60-58(42-46)62(2)36-16-18-38-64(62,4)67(60)48-21-9-6-10-22-48/h5-14,19-34,39-42H,15-18,35-38H2,1-4H3. The molecule has 8 aromatic carbocycles. The topological polar surface area (TPSA) is 6.48 Å². The molecule has 67 heavy (non-hydrogen) atoms. The quantitative estimate of drug-likeness (QED) is 0.174. The summed E-state index contributed by atoms with van der Waals surface area (Å²) in [6.45, 7) is 10.2. The van der Waals surface area contributed by atoms with Crippen LogP contribution in [0.15, 0.2) is 182 Å². The Kier molecular flexibility index (Phi) is 8.10. The Hall–Kier alpha value is -6.64. The van der Waals surface area contributed by atoms with Crippen molar-refractivity contribution in [2.45, 2.75) is 106 Å². The number of nitrogens with zero attached hydrogens (tertiary/aromatic N) is 2. The van der Waals surface area contributed by atoms with Gasteiger partial charge in [-0.05, 0) is 178 Å². The first-order valence-corrected chi connectivity index (χ1v) is 25.2. The van der Waals surface area contributed by atoms with Crippen LogP contribution in [-0.4, -0.2) is 11.1 Å². The van der Waals surface area contributed by atoms with Gasteiger partial charge >= 0.3 is 0 Å². The summed E-state index contributed by atoms with van der Waals surface area (Å²) in [5, 5.41) is 0. The minimum Gasteiger partial charge on any atom is -0.334 e. The lowest BCUT2D eigenvalue weighted by Crippen LogP contribution is -2.54. The molecule has 328 valence electrons. The molecule has 0 N–H and O–H groups in total. The lowest BCUT2D eigenvalue weighted by Gasteiger charge is -2.50. The molecule has 4 unspecified atom stereocenters. The fraction of sp³-hybridized carbons (Fsp3) is 0.262. The second-order valence-electron chi connectivity index (χ2n) is 21.8. The summed E-state index contributed by atoms with van der Waals surface area (Å²) in [4.78, 5) is 5.38. The van der Waals surface area contributed by atoms with Crippen LogP contribution in [0.1, 0.15) is 112 Å². The minimum atomic E-state index is -0.451. The molecule has 6 aliphatic rings. The second-order valence-corrected chi connectivity index (χ2v) is 21.8. The lowest BCUT2D eigenvalue weighted by atomic mass is 9.61. The molecule has 2 heterocycles. The fourth-order valence-corrected chi connectivity index (χ4v) is 15.3. The maximum absolute atomic E-state index is 2.69. The first kappa shape index (κ1) is 39.5. The lowest BCUT2D eigenvalue weighted by molar-refractivity contribution is 0.195. The van der Waals surface area contributed by atoms with Gasteiger partial charge in [0.25, 0.3) is 0 Å². The Morgan fingerprint density at radius 1 is 0.313 bits per heavy atom. The highest BCUT2D eigenvalue weighted by molar-refractivity contribution is 5.97. The third-order valence-electron chi connectivity index (χ3n) is 19.0. The van der Waals surface area contributed by atoms with Gasteiger partial charge in [0.05, 0.1) is 16.5 Å². The molecule has 8 aromatic rings. The van der Waals surface area contributed by atoms with Crippen LogP contribution in [0, 0.1) is 0 Å². The predicted octanol–water partition coefficient (Wildman–Crippen LogP) is 16.8. The molecule has 4 aliphatic carbocycles. The number of benzene rings is 8. The van der Waals surface area contributed by atoms with Crippen LogP contribution in [0.2, 0.25) is 0 Å². The van der Waals surface area contributed by atoms with Gasteiger partial charge in [0.15, 0.2) is 0 Å². The van der Waals surface area contributed by atoms with Crippen molar-refractivity contribution in [1.29, 1.82) is 0 Å². The molecule has 0 bridgehead atoms. The molecule has 4 atom stereocenters. The highest BCUT2D eigenvalue weighted by Gasteiger charge is 2.59. The van der Waals surface area contributed by atoms with E-state index in [9.17, 15) is 0 Å². The average molecular weight is 867 g/mol. The van der Waals surface area contributed by atoms with Crippen molar-refractivity contribution < 1.29 is 0 Å². The van der Waals surface area contributed by atoms with Gasteiger partial charge in [-0.1, -0.05) is 161 Å². The number of fused-ring (bicyclic) bond motifs is 16. The molecule has 2 heteroatoms. The number of para-hydroxylation sites is 2. The maximum atomic E-state index is 2.69. The normalized spacial score (nSPS) is 25.4. The summed E-state index contributed by atoms with van der Waals surface area (Å²) in [5.74, 6) is 0. The number of hydrogen-bond acceptors (Lipinski definition) is 2. The molecule has 0 radical (unpaired) electrons. The van der Waals surface area contributed by atoms with Gasteiger partial charge in [-0.3, -0.25) is 0 Å². The van der Waals surface area contributed by atoms with Gasteiger partial charge < -0.3 is 9.80 Å². The zero-order chi connectivity index (χ0) is 44.9. The molecule has 0 amide bonds. The largest absolute Gasteiger partial charge is 0.334 e. The monoisotopic (exact) mass is 866 g/mol. The molecular formula is C65H58N2. The van der Waals surface area contributed by atoms with Crippen molar-refractivity contribution in [3.05, 3.63) is 215 Å². The van der Waals surface area contributed by atoms with Crippen molar-refractivity contribution in [1.82, 2.24) is 0 Å². The SMILES string of the molecule is CC12CCCCC1(C)N(c1ccccc1)c1ccc(-c3ccc4c(c3)C3(c5ccccc5-c5ccccc53)c3cc(-c5ccc6c(c5)C5(C)CCCCC5(C)N6c5ccccc5)ccc3-4)cc12. The highest BCUT2D eigenvalue weighted by Crippen LogP contribution is 2.66. The summed E-state index contributed by atoms with van der Waals surface area (Å²) in [6.07, 6.45) is 9.88. The molecule has 1 spiro atoms. The van der Waals surface area contributed by atoms with Gasteiger partial charge in [0, 0.05) is 33.6 Å². The Bertz CT molecular complexity index is 3120. The Balaban J connectivity index is 0.945. The number of anilines is 4. The van der Waals surface area contributed by atoms with Crippen LogP contribution in [0.3, 0.4) is 0 Å². The summed E-state index contributed by atoms with van der Waals surface area (Å²) >= 11 is 0. The zero-order valence-corrected chi connectivity index (χ0v) is 39.4. The third kappa shape index (κ3) is 4.91. The molecule has 0 aromatic heterocycles. The first-order chi connectivity index (χ1) is 32.7. The summed E-state index contributed by atoms with van der Waals surface area (Å²) < 4.78 is 0. The van der Waals surface area contributed by atoms with Gasteiger partial charge in [-0.15, -0.1) is 0 Å². The van der Waals surface area contributed by atoms with Crippen LogP contribution in [0.4, 0.5) is 22.7 Å². The number of rotatable bonds is 4. The van der Waals surface area contributed by atoms with E-state index in [1.807, 2.05) is 0 Å². The van der Waals surface area contributed by atoms with Crippen LogP contribution >= 0.6 is 0 Å². The summed E-state index contributed by atoms with van der Waals surface area (Å²) in [5.41, 5.74) is 24.2. The van der Waals surface area contributed by atoms with Gasteiger partial charge in [-0.25, -0.2) is 0 Å². The molecule has 2 fully saturated rings. The molecule has 2 aliphatic heterocycles. The van der Waals surface area contributed by atoms with E-state index in [1.54, 1.807) is 0 Å². The van der Waals surface area contributed by atoms with Crippen LogP contribution in [-0.2, 0) is 16.2 Å². The molecule has 2 nitrogen and oxygen atoms in total. The van der Waals surface area contributed by atoms with E-state index in [1.165, 1.54) is 152 Å².